The molecule has 7 heteroatoms. The van der Waals surface area contributed by atoms with Crippen molar-refractivity contribution in [3.05, 3.63) is 29.8 Å². The number of hydrogen-bond donors (Lipinski definition) is 2. The van der Waals surface area contributed by atoms with Gasteiger partial charge in [-0.05, 0) is 37.5 Å². The fraction of sp³-hybridized carbons (Fsp3) is 0.565. The van der Waals surface area contributed by atoms with Gasteiger partial charge in [-0.15, -0.1) is 0 Å². The highest BCUT2D eigenvalue weighted by molar-refractivity contribution is 6.02. The summed E-state index contributed by atoms with van der Waals surface area (Å²) in [6.45, 7) is 2.96. The minimum absolute atomic E-state index is 0.0419. The Labute approximate surface area is 177 Å². The van der Waals surface area contributed by atoms with Crippen LogP contribution in [0.4, 0.5) is 5.69 Å². The van der Waals surface area contributed by atoms with Gasteiger partial charge in [0.15, 0.2) is 0 Å². The van der Waals surface area contributed by atoms with Crippen LogP contribution in [0.1, 0.15) is 75.1 Å². The van der Waals surface area contributed by atoms with Crippen LogP contribution in [0, 0.1) is 5.41 Å². The van der Waals surface area contributed by atoms with Crippen molar-refractivity contribution in [3.63, 3.8) is 0 Å². The van der Waals surface area contributed by atoms with E-state index in [0.29, 0.717) is 50.0 Å². The van der Waals surface area contributed by atoms with Crippen molar-refractivity contribution >= 4 is 29.3 Å². The lowest BCUT2D eigenvalue weighted by Gasteiger charge is -2.31. The smallest absolute Gasteiger partial charge is 0.253 e. The zero-order valence-electron chi connectivity index (χ0n) is 17.7. The highest BCUT2D eigenvalue weighted by Gasteiger charge is 2.48. The van der Waals surface area contributed by atoms with Crippen molar-refractivity contribution in [1.82, 2.24) is 10.2 Å². The number of carbonyl (C=O) groups excluding carboxylic acids is 4. The van der Waals surface area contributed by atoms with Crippen LogP contribution >= 0.6 is 0 Å². The highest BCUT2D eigenvalue weighted by Crippen LogP contribution is 2.38. The molecule has 2 aliphatic rings. The Morgan fingerprint density at radius 2 is 1.93 bits per heavy atom. The molecule has 4 amide bonds. The zero-order valence-corrected chi connectivity index (χ0v) is 17.7. The summed E-state index contributed by atoms with van der Waals surface area (Å²) in [5.74, 6) is -0.717. The lowest BCUT2D eigenvalue weighted by atomic mass is 9.79. The molecule has 2 N–H and O–H groups in total. The van der Waals surface area contributed by atoms with Crippen LogP contribution < -0.4 is 10.6 Å². The molecule has 0 aliphatic carbocycles. The molecule has 0 saturated carbocycles. The summed E-state index contributed by atoms with van der Waals surface area (Å²) in [6, 6.07) is 6.93. The Balaban J connectivity index is 1.55. The fourth-order valence-electron chi connectivity index (χ4n) is 4.25. The van der Waals surface area contributed by atoms with E-state index in [1.807, 2.05) is 0 Å². The first kappa shape index (κ1) is 22.0. The van der Waals surface area contributed by atoms with Crippen molar-refractivity contribution in [2.75, 3.05) is 18.4 Å². The van der Waals surface area contributed by atoms with Gasteiger partial charge in [-0.3, -0.25) is 24.5 Å². The largest absolute Gasteiger partial charge is 0.338 e. The average molecular weight is 414 g/mol. The molecule has 162 valence electrons. The van der Waals surface area contributed by atoms with E-state index < -0.39 is 5.41 Å². The van der Waals surface area contributed by atoms with Crippen LogP contribution in [0.2, 0.25) is 0 Å². The number of rotatable bonds is 8. The fourth-order valence-corrected chi connectivity index (χ4v) is 4.25. The normalized spacial score (nSPS) is 21.0. The number of anilines is 1. The van der Waals surface area contributed by atoms with Crippen molar-refractivity contribution < 1.29 is 19.2 Å². The number of carbonyl (C=O) groups is 4. The van der Waals surface area contributed by atoms with Crippen LogP contribution in [-0.4, -0.2) is 41.6 Å². The zero-order chi connectivity index (χ0) is 21.6. The minimum Gasteiger partial charge on any atom is -0.338 e. The summed E-state index contributed by atoms with van der Waals surface area (Å²) in [5, 5.41) is 5.28. The molecule has 0 radical (unpaired) electrons. The van der Waals surface area contributed by atoms with Gasteiger partial charge in [0.05, 0.1) is 5.41 Å². The van der Waals surface area contributed by atoms with Crippen molar-refractivity contribution in [2.45, 2.75) is 64.7 Å². The Kier molecular flexibility index (Phi) is 7.24. The molecule has 30 heavy (non-hydrogen) atoms. The summed E-state index contributed by atoms with van der Waals surface area (Å²) in [7, 11) is 0. The number of nitrogens with zero attached hydrogens (tertiary/aromatic N) is 1. The molecule has 1 unspecified atom stereocenters. The lowest BCUT2D eigenvalue weighted by Crippen LogP contribution is -2.50. The predicted octanol–water partition coefficient (Wildman–Crippen LogP) is 3.25. The molecule has 1 atom stereocenters. The molecule has 0 aromatic heterocycles. The van der Waals surface area contributed by atoms with E-state index in [1.165, 1.54) is 12.8 Å². The van der Waals surface area contributed by atoms with Gasteiger partial charge in [-0.1, -0.05) is 38.7 Å². The van der Waals surface area contributed by atoms with Crippen LogP contribution in [0.25, 0.3) is 0 Å². The van der Waals surface area contributed by atoms with Crippen molar-refractivity contribution in [3.8, 4) is 0 Å². The Morgan fingerprint density at radius 1 is 1.13 bits per heavy atom. The highest BCUT2D eigenvalue weighted by atomic mass is 16.2. The van der Waals surface area contributed by atoms with Gasteiger partial charge >= 0.3 is 0 Å². The van der Waals surface area contributed by atoms with E-state index in [9.17, 15) is 19.2 Å². The molecule has 3 rings (SSSR count). The summed E-state index contributed by atoms with van der Waals surface area (Å²) < 4.78 is 0. The molecule has 2 saturated heterocycles. The molecule has 2 fully saturated rings. The van der Waals surface area contributed by atoms with Crippen LogP contribution in [-0.2, 0) is 14.4 Å². The second kappa shape index (κ2) is 9.87. The molecule has 2 aliphatic heterocycles. The van der Waals surface area contributed by atoms with Crippen molar-refractivity contribution in [1.29, 1.82) is 0 Å². The van der Waals surface area contributed by atoms with Crippen LogP contribution in [0.5, 0.6) is 0 Å². The first-order valence-corrected chi connectivity index (χ1v) is 11.0. The van der Waals surface area contributed by atoms with Gasteiger partial charge in [-0.25, -0.2) is 0 Å². The van der Waals surface area contributed by atoms with Gasteiger partial charge in [0, 0.05) is 37.2 Å². The minimum atomic E-state index is -0.660. The average Bonchev–Trinajstić information content (AvgIpc) is 3.16. The first-order valence-electron chi connectivity index (χ1n) is 11.0. The van der Waals surface area contributed by atoms with Crippen LogP contribution in [0.15, 0.2) is 24.3 Å². The van der Waals surface area contributed by atoms with Gasteiger partial charge in [0.25, 0.3) is 5.91 Å². The van der Waals surface area contributed by atoms with Gasteiger partial charge < -0.3 is 10.2 Å². The number of amides is 4. The van der Waals surface area contributed by atoms with E-state index in [1.54, 1.807) is 29.2 Å². The summed E-state index contributed by atoms with van der Waals surface area (Å²) in [4.78, 5) is 50.6. The molecular formula is C23H31N3O4. The number of nitrogens with one attached hydrogen (secondary N) is 2. The third kappa shape index (κ3) is 5.26. The van der Waals surface area contributed by atoms with Crippen LogP contribution in [0.3, 0.4) is 0 Å². The monoisotopic (exact) mass is 413 g/mol. The number of benzene rings is 1. The maximum absolute atomic E-state index is 13.0. The predicted molar refractivity (Wildman–Crippen MR) is 114 cm³/mol. The van der Waals surface area contributed by atoms with E-state index in [0.717, 1.165) is 19.3 Å². The van der Waals surface area contributed by atoms with Gasteiger partial charge in [0.2, 0.25) is 17.7 Å². The van der Waals surface area contributed by atoms with Gasteiger partial charge in [0.1, 0.15) is 0 Å². The van der Waals surface area contributed by atoms with E-state index in [2.05, 4.69) is 17.6 Å². The molecule has 1 aromatic carbocycles. The third-order valence-corrected chi connectivity index (χ3v) is 6.11. The second-order valence-corrected chi connectivity index (χ2v) is 8.43. The number of piperidine rings is 1. The molecule has 2 heterocycles. The molecule has 0 bridgehead atoms. The van der Waals surface area contributed by atoms with Crippen molar-refractivity contribution in [2.24, 2.45) is 5.41 Å². The maximum Gasteiger partial charge on any atom is 0.253 e. The number of unbranched alkanes of at least 4 members (excludes halogenated alkanes) is 4. The van der Waals surface area contributed by atoms with Gasteiger partial charge in [-0.2, -0.15) is 0 Å². The lowest BCUT2D eigenvalue weighted by molar-refractivity contribution is -0.141. The molecular weight excluding hydrogens is 382 g/mol. The molecule has 1 aromatic rings. The number of imide groups is 1. The maximum atomic E-state index is 13.0. The summed E-state index contributed by atoms with van der Waals surface area (Å²) >= 11 is 0. The Morgan fingerprint density at radius 3 is 2.70 bits per heavy atom. The topological polar surface area (TPSA) is 95.6 Å². The second-order valence-electron chi connectivity index (χ2n) is 8.43. The van der Waals surface area contributed by atoms with E-state index >= 15 is 0 Å². The SMILES string of the molecule is CCCCCCCC(=O)Nc1cccc(C(=O)N2CCC3(CCC(=O)NC3=O)C2)c1. The number of hydrogen-bond acceptors (Lipinski definition) is 4. The van der Waals surface area contributed by atoms with E-state index in [4.69, 9.17) is 0 Å². The molecule has 7 nitrogen and oxygen atoms in total. The Bertz CT molecular complexity index is 822. The third-order valence-electron chi connectivity index (χ3n) is 6.11. The summed E-state index contributed by atoms with van der Waals surface area (Å²) in [6.07, 6.45) is 7.27. The molecule has 1 spiro atoms. The Hall–Kier alpha value is -2.70. The standard InChI is InChI=1S/C23H31N3O4/c1-2-3-4-5-6-10-19(27)24-18-9-7-8-17(15-18)21(29)26-14-13-23(16-26)12-11-20(28)25-22(23)30/h7-9,15H,2-6,10-14,16H2,1H3,(H,24,27)(H,25,28,30). The number of likely N-dealkylation sites (tertiary alicyclic amines) is 1. The quantitative estimate of drug-likeness (QED) is 0.505. The first-order chi connectivity index (χ1) is 14.4. The summed E-state index contributed by atoms with van der Waals surface area (Å²) in [5.41, 5.74) is 0.432. The van der Waals surface area contributed by atoms with E-state index in [-0.39, 0.29) is 23.6 Å².